The van der Waals surface area contributed by atoms with E-state index in [-0.39, 0.29) is 5.69 Å². The molecule has 0 saturated heterocycles. The maximum Gasteiger partial charge on any atom is 0.323 e. The number of aliphatic carboxylic acids is 1. The lowest BCUT2D eigenvalue weighted by atomic mass is 9.95. The van der Waals surface area contributed by atoms with E-state index in [1.54, 1.807) is 25.2 Å². The Morgan fingerprint density at radius 2 is 2.11 bits per heavy atom. The first kappa shape index (κ1) is 12.4. The van der Waals surface area contributed by atoms with Crippen molar-refractivity contribution in [2.24, 2.45) is 0 Å². The Bertz CT molecular complexity index is 614. The number of fused-ring (bicyclic) bond motifs is 1. The zero-order valence-corrected chi connectivity index (χ0v) is 9.99. The van der Waals surface area contributed by atoms with Crippen LogP contribution in [0.5, 0.6) is 0 Å². The molecule has 18 heavy (non-hydrogen) atoms. The molecule has 2 aromatic rings. The second kappa shape index (κ2) is 5.05. The quantitative estimate of drug-likeness (QED) is 0.624. The molecule has 0 fully saturated rings. The van der Waals surface area contributed by atoms with Crippen LogP contribution in [0, 0.1) is 0 Å². The van der Waals surface area contributed by atoms with E-state index in [0.717, 1.165) is 0 Å². The summed E-state index contributed by atoms with van der Waals surface area (Å²) in [6.45, 7) is 0.624. The van der Waals surface area contributed by atoms with Crippen LogP contribution in [0.25, 0.3) is 11.0 Å². The van der Waals surface area contributed by atoms with E-state index >= 15 is 0 Å². The molecule has 4 N–H and O–H groups in total. The van der Waals surface area contributed by atoms with E-state index < -0.39 is 11.9 Å². The molecule has 1 aromatic heterocycles. The summed E-state index contributed by atoms with van der Waals surface area (Å²) in [5, 5.41) is 12.2. The van der Waals surface area contributed by atoms with Crippen molar-refractivity contribution in [3.05, 3.63) is 34.2 Å². The van der Waals surface area contributed by atoms with Crippen LogP contribution < -0.4 is 11.0 Å². The molecule has 1 aromatic carbocycles. The Balaban J connectivity index is 2.37. The molecule has 0 saturated carbocycles. The average molecular weight is 249 g/mol. The molecule has 0 bridgehead atoms. The molecule has 0 spiro atoms. The molecular formula is C12H15N3O3. The predicted octanol–water partition coefficient (Wildman–Crippen LogP) is 0.634. The van der Waals surface area contributed by atoms with Gasteiger partial charge in [-0.05, 0) is 37.7 Å². The summed E-state index contributed by atoms with van der Waals surface area (Å²) >= 11 is 0. The van der Waals surface area contributed by atoms with Crippen LogP contribution in [-0.2, 0) is 4.79 Å². The van der Waals surface area contributed by atoms with Gasteiger partial charge in [-0.2, -0.15) is 0 Å². The summed E-state index contributed by atoms with van der Waals surface area (Å²) in [5.74, 6) is -1.43. The molecule has 1 unspecified atom stereocenters. The maximum atomic E-state index is 11.2. The third kappa shape index (κ3) is 2.43. The third-order valence-corrected chi connectivity index (χ3v) is 2.92. The Morgan fingerprint density at radius 3 is 2.78 bits per heavy atom. The largest absolute Gasteiger partial charge is 0.481 e. The van der Waals surface area contributed by atoms with Crippen LogP contribution in [0.15, 0.2) is 23.0 Å². The highest BCUT2D eigenvalue weighted by atomic mass is 16.4. The van der Waals surface area contributed by atoms with E-state index in [1.165, 1.54) is 0 Å². The fourth-order valence-electron chi connectivity index (χ4n) is 1.99. The van der Waals surface area contributed by atoms with Gasteiger partial charge in [-0.3, -0.25) is 4.79 Å². The van der Waals surface area contributed by atoms with E-state index in [4.69, 9.17) is 0 Å². The second-order valence-electron chi connectivity index (χ2n) is 4.17. The lowest BCUT2D eigenvalue weighted by Crippen LogP contribution is -2.18. The molecule has 6 heteroatoms. The molecule has 96 valence electrons. The number of H-pyrrole nitrogens is 2. The smallest absolute Gasteiger partial charge is 0.323 e. The summed E-state index contributed by atoms with van der Waals surface area (Å²) in [6.07, 6.45) is 0.506. The standard InChI is InChI=1S/C12H15N3O3/c1-13-5-4-8(11(16)17)7-2-3-9-10(6-7)15-12(18)14-9/h2-3,6,8,13H,4-5H2,1H3,(H,16,17)(H2,14,15,18). The number of benzene rings is 1. The third-order valence-electron chi connectivity index (χ3n) is 2.92. The summed E-state index contributed by atoms with van der Waals surface area (Å²) in [7, 11) is 1.78. The van der Waals surface area contributed by atoms with Crippen LogP contribution in [-0.4, -0.2) is 34.6 Å². The van der Waals surface area contributed by atoms with E-state index in [1.807, 2.05) is 0 Å². The number of carboxylic acids is 1. The van der Waals surface area contributed by atoms with Gasteiger partial charge >= 0.3 is 11.7 Å². The first-order valence-corrected chi connectivity index (χ1v) is 5.71. The maximum absolute atomic E-state index is 11.2. The minimum Gasteiger partial charge on any atom is -0.481 e. The molecule has 2 rings (SSSR count). The van der Waals surface area contributed by atoms with Crippen molar-refractivity contribution < 1.29 is 9.90 Å². The van der Waals surface area contributed by atoms with E-state index in [9.17, 15) is 14.7 Å². The molecular weight excluding hydrogens is 234 g/mol. The van der Waals surface area contributed by atoms with Crippen molar-refractivity contribution >= 4 is 17.0 Å². The topological polar surface area (TPSA) is 98.0 Å². The number of hydrogen-bond donors (Lipinski definition) is 4. The number of imidazole rings is 1. The lowest BCUT2D eigenvalue weighted by Gasteiger charge is -2.12. The Labute approximate surface area is 103 Å². The number of carbonyl (C=O) groups is 1. The number of rotatable bonds is 5. The molecule has 0 aliphatic rings. The van der Waals surface area contributed by atoms with Gasteiger partial charge in [0.2, 0.25) is 0 Å². The lowest BCUT2D eigenvalue weighted by molar-refractivity contribution is -0.138. The van der Waals surface area contributed by atoms with Crippen molar-refractivity contribution in [3.63, 3.8) is 0 Å². The van der Waals surface area contributed by atoms with Crippen molar-refractivity contribution in [2.45, 2.75) is 12.3 Å². The Morgan fingerprint density at radius 1 is 1.39 bits per heavy atom. The van der Waals surface area contributed by atoms with Gasteiger partial charge in [0.1, 0.15) is 0 Å². The minimum atomic E-state index is -0.859. The van der Waals surface area contributed by atoms with Gasteiger partial charge in [0.25, 0.3) is 0 Å². The predicted molar refractivity (Wildman–Crippen MR) is 67.8 cm³/mol. The van der Waals surface area contributed by atoms with Gasteiger partial charge in [-0.1, -0.05) is 6.07 Å². The average Bonchev–Trinajstić information content (AvgIpc) is 2.68. The highest BCUT2D eigenvalue weighted by Gasteiger charge is 2.19. The van der Waals surface area contributed by atoms with Crippen molar-refractivity contribution in [1.29, 1.82) is 0 Å². The molecule has 0 amide bonds. The van der Waals surface area contributed by atoms with Crippen molar-refractivity contribution in [1.82, 2.24) is 15.3 Å². The van der Waals surface area contributed by atoms with Crippen LogP contribution in [0.3, 0.4) is 0 Å². The zero-order valence-electron chi connectivity index (χ0n) is 9.99. The van der Waals surface area contributed by atoms with Gasteiger partial charge in [0.15, 0.2) is 0 Å². The number of carboxylic acid groups (broad SMARTS) is 1. The van der Waals surface area contributed by atoms with Crippen molar-refractivity contribution in [3.8, 4) is 0 Å². The molecule has 6 nitrogen and oxygen atoms in total. The summed E-state index contributed by atoms with van der Waals surface area (Å²) in [4.78, 5) is 27.6. The summed E-state index contributed by atoms with van der Waals surface area (Å²) < 4.78 is 0. The first-order valence-electron chi connectivity index (χ1n) is 5.71. The molecule has 0 radical (unpaired) electrons. The van der Waals surface area contributed by atoms with Gasteiger partial charge in [0, 0.05) is 0 Å². The van der Waals surface area contributed by atoms with Crippen molar-refractivity contribution in [2.75, 3.05) is 13.6 Å². The fourth-order valence-corrected chi connectivity index (χ4v) is 1.99. The SMILES string of the molecule is CNCCC(C(=O)O)c1ccc2[nH]c(=O)[nH]c2c1. The Hall–Kier alpha value is -2.08. The summed E-state index contributed by atoms with van der Waals surface area (Å²) in [6, 6.07) is 5.17. The molecule has 0 aliphatic heterocycles. The molecule has 0 aliphatic carbocycles. The number of aromatic amines is 2. The number of hydrogen-bond acceptors (Lipinski definition) is 3. The van der Waals surface area contributed by atoms with Gasteiger partial charge in [-0.25, -0.2) is 4.79 Å². The highest BCUT2D eigenvalue weighted by Crippen LogP contribution is 2.22. The minimum absolute atomic E-state index is 0.288. The second-order valence-corrected chi connectivity index (χ2v) is 4.17. The van der Waals surface area contributed by atoms with Gasteiger partial charge in [-0.15, -0.1) is 0 Å². The first-order chi connectivity index (χ1) is 8.61. The van der Waals surface area contributed by atoms with Crippen LogP contribution in [0.2, 0.25) is 0 Å². The Kier molecular flexibility index (Phi) is 3.47. The molecule has 1 heterocycles. The highest BCUT2D eigenvalue weighted by molar-refractivity contribution is 5.80. The van der Waals surface area contributed by atoms with Gasteiger partial charge < -0.3 is 20.4 Å². The van der Waals surface area contributed by atoms with Crippen LogP contribution >= 0.6 is 0 Å². The van der Waals surface area contributed by atoms with E-state index in [0.29, 0.717) is 29.6 Å². The van der Waals surface area contributed by atoms with E-state index in [2.05, 4.69) is 15.3 Å². The van der Waals surface area contributed by atoms with Gasteiger partial charge in [0.05, 0.1) is 17.0 Å². The number of nitrogens with one attached hydrogen (secondary N) is 3. The normalized spacial score (nSPS) is 12.7. The summed E-state index contributed by atoms with van der Waals surface area (Å²) in [5.41, 5.74) is 1.72. The number of aromatic nitrogens is 2. The van der Waals surface area contributed by atoms with Crippen LogP contribution in [0.1, 0.15) is 17.9 Å². The van der Waals surface area contributed by atoms with Crippen LogP contribution in [0.4, 0.5) is 0 Å². The fraction of sp³-hybridized carbons (Fsp3) is 0.333. The zero-order chi connectivity index (χ0) is 13.1. The monoisotopic (exact) mass is 249 g/mol. The molecule has 1 atom stereocenters.